The van der Waals surface area contributed by atoms with Gasteiger partial charge in [-0.2, -0.15) is 0 Å². The van der Waals surface area contributed by atoms with Crippen LogP contribution in [0.15, 0.2) is 36.4 Å². The topological polar surface area (TPSA) is 35.5 Å². The van der Waals surface area contributed by atoms with Crippen LogP contribution in [0.4, 0.5) is 0 Å². The fourth-order valence-corrected chi connectivity index (χ4v) is 2.46. The Morgan fingerprint density at radius 2 is 1.65 bits per heavy atom. The number of ether oxygens (including phenoxy) is 2. The van der Waals surface area contributed by atoms with Crippen molar-refractivity contribution in [3.63, 3.8) is 0 Å². The molecule has 0 aromatic heterocycles. The summed E-state index contributed by atoms with van der Waals surface area (Å²) >= 11 is 12.0. The summed E-state index contributed by atoms with van der Waals surface area (Å²) in [5.74, 6) is 0.792. The van der Waals surface area contributed by atoms with E-state index >= 15 is 0 Å². The van der Waals surface area contributed by atoms with Gasteiger partial charge in [0.05, 0.1) is 15.6 Å². The molecule has 20 heavy (non-hydrogen) atoms. The van der Waals surface area contributed by atoms with Crippen LogP contribution in [0, 0.1) is 0 Å². The average molecular weight is 309 g/mol. The summed E-state index contributed by atoms with van der Waals surface area (Å²) in [6.07, 6.45) is 0. The van der Waals surface area contributed by atoms with Crippen molar-refractivity contribution in [2.75, 3.05) is 13.2 Å². The van der Waals surface area contributed by atoms with E-state index in [0.29, 0.717) is 40.9 Å². The van der Waals surface area contributed by atoms with Crippen LogP contribution in [0.1, 0.15) is 15.9 Å². The smallest absolute Gasteiger partial charge is 0.198 e. The highest BCUT2D eigenvalue weighted by molar-refractivity contribution is 6.44. The first-order chi connectivity index (χ1) is 9.68. The molecule has 0 saturated carbocycles. The van der Waals surface area contributed by atoms with Gasteiger partial charge in [0.25, 0.3) is 0 Å². The second-order valence-electron chi connectivity index (χ2n) is 4.26. The van der Waals surface area contributed by atoms with Gasteiger partial charge in [0, 0.05) is 5.56 Å². The summed E-state index contributed by atoms with van der Waals surface area (Å²) in [6, 6.07) is 10.2. The zero-order valence-corrected chi connectivity index (χ0v) is 11.9. The second-order valence-corrected chi connectivity index (χ2v) is 5.05. The normalized spacial score (nSPS) is 13.1. The maximum Gasteiger partial charge on any atom is 0.198 e. The molecule has 2 aromatic carbocycles. The highest BCUT2D eigenvalue weighted by atomic mass is 35.5. The lowest BCUT2D eigenvalue weighted by Crippen LogP contribution is -2.18. The van der Waals surface area contributed by atoms with Crippen molar-refractivity contribution < 1.29 is 14.3 Å². The minimum absolute atomic E-state index is 0.236. The highest BCUT2D eigenvalue weighted by Gasteiger charge is 2.23. The molecule has 102 valence electrons. The van der Waals surface area contributed by atoms with E-state index in [1.165, 1.54) is 0 Å². The molecule has 0 unspecified atom stereocenters. The molecule has 1 heterocycles. The standard InChI is InChI=1S/C15H10Cl2O3/c16-11-5-1-3-9(13(11)17)14(18)10-4-2-6-12-15(10)20-8-7-19-12/h1-6H,7-8H2. The highest BCUT2D eigenvalue weighted by Crippen LogP contribution is 2.36. The Bertz CT molecular complexity index is 683. The number of carbonyl (C=O) groups excluding carboxylic acids is 1. The van der Waals surface area contributed by atoms with E-state index in [0.717, 1.165) is 0 Å². The van der Waals surface area contributed by atoms with E-state index in [9.17, 15) is 4.79 Å². The largest absolute Gasteiger partial charge is 0.486 e. The molecule has 1 aliphatic heterocycles. The molecule has 0 saturated heterocycles. The number of fused-ring (bicyclic) bond motifs is 1. The lowest BCUT2D eigenvalue weighted by atomic mass is 10.0. The van der Waals surface area contributed by atoms with Crippen LogP contribution < -0.4 is 9.47 Å². The Kier molecular flexibility index (Phi) is 3.55. The fraction of sp³-hybridized carbons (Fsp3) is 0.133. The molecular formula is C15H10Cl2O3. The van der Waals surface area contributed by atoms with Gasteiger partial charge in [0.1, 0.15) is 13.2 Å². The van der Waals surface area contributed by atoms with Gasteiger partial charge >= 0.3 is 0 Å². The summed E-state index contributed by atoms with van der Waals surface area (Å²) in [5.41, 5.74) is 0.771. The Labute approximate surface area is 126 Å². The minimum Gasteiger partial charge on any atom is -0.486 e. The maximum atomic E-state index is 12.6. The van der Waals surface area contributed by atoms with Crippen LogP contribution in [0.2, 0.25) is 10.0 Å². The fourth-order valence-electron chi connectivity index (χ4n) is 2.08. The van der Waals surface area contributed by atoms with Crippen LogP contribution in [0.3, 0.4) is 0 Å². The van der Waals surface area contributed by atoms with E-state index in [1.54, 1.807) is 36.4 Å². The van der Waals surface area contributed by atoms with E-state index in [2.05, 4.69) is 0 Å². The van der Waals surface area contributed by atoms with Crippen molar-refractivity contribution in [3.8, 4) is 11.5 Å². The van der Waals surface area contributed by atoms with Crippen LogP contribution >= 0.6 is 23.2 Å². The third-order valence-electron chi connectivity index (χ3n) is 3.01. The van der Waals surface area contributed by atoms with Crippen LogP contribution in [0.5, 0.6) is 11.5 Å². The lowest BCUT2D eigenvalue weighted by Gasteiger charge is -2.20. The molecule has 0 radical (unpaired) electrons. The minimum atomic E-state index is -0.236. The Morgan fingerprint density at radius 3 is 2.50 bits per heavy atom. The van der Waals surface area contributed by atoms with Crippen molar-refractivity contribution >= 4 is 29.0 Å². The predicted octanol–water partition coefficient (Wildman–Crippen LogP) is 4.00. The number of para-hydroxylation sites is 1. The lowest BCUT2D eigenvalue weighted by molar-refractivity contribution is 0.102. The first-order valence-electron chi connectivity index (χ1n) is 6.06. The summed E-state index contributed by atoms with van der Waals surface area (Å²) in [4.78, 5) is 12.6. The molecule has 3 rings (SSSR count). The van der Waals surface area contributed by atoms with Crippen molar-refractivity contribution in [3.05, 3.63) is 57.6 Å². The van der Waals surface area contributed by atoms with Crippen molar-refractivity contribution in [1.29, 1.82) is 0 Å². The van der Waals surface area contributed by atoms with E-state index in [-0.39, 0.29) is 10.8 Å². The van der Waals surface area contributed by atoms with Gasteiger partial charge in [-0.3, -0.25) is 4.79 Å². The second kappa shape index (κ2) is 5.35. The third-order valence-corrected chi connectivity index (χ3v) is 3.83. The summed E-state index contributed by atoms with van der Waals surface area (Å²) in [6.45, 7) is 0.892. The molecule has 0 fully saturated rings. The molecule has 1 aliphatic rings. The summed E-state index contributed by atoms with van der Waals surface area (Å²) in [5, 5.41) is 0.591. The van der Waals surface area contributed by atoms with Gasteiger partial charge in [-0.25, -0.2) is 0 Å². The quantitative estimate of drug-likeness (QED) is 0.787. The Balaban J connectivity index is 2.09. The van der Waals surface area contributed by atoms with Gasteiger partial charge in [-0.15, -0.1) is 0 Å². The van der Waals surface area contributed by atoms with Crippen LogP contribution in [0.25, 0.3) is 0 Å². The number of ketones is 1. The number of hydrogen-bond donors (Lipinski definition) is 0. The molecule has 0 atom stereocenters. The van der Waals surface area contributed by atoms with Crippen molar-refractivity contribution in [2.45, 2.75) is 0 Å². The van der Waals surface area contributed by atoms with E-state index < -0.39 is 0 Å². The number of hydrogen-bond acceptors (Lipinski definition) is 3. The first kappa shape index (κ1) is 13.3. The molecule has 0 N–H and O–H groups in total. The SMILES string of the molecule is O=C(c1cccc(Cl)c1Cl)c1cccc2c1OCCO2. The molecular weight excluding hydrogens is 299 g/mol. The van der Waals surface area contributed by atoms with Gasteiger partial charge in [-0.1, -0.05) is 35.3 Å². The van der Waals surface area contributed by atoms with Crippen LogP contribution in [-0.4, -0.2) is 19.0 Å². The number of rotatable bonds is 2. The van der Waals surface area contributed by atoms with Gasteiger partial charge in [0.15, 0.2) is 17.3 Å². The molecule has 5 heteroatoms. The summed E-state index contributed by atoms with van der Waals surface area (Å²) in [7, 11) is 0. The molecule has 2 aromatic rings. The Hall–Kier alpha value is -1.71. The number of benzene rings is 2. The molecule has 0 amide bonds. The summed E-state index contributed by atoms with van der Waals surface area (Å²) < 4.78 is 11.0. The maximum absolute atomic E-state index is 12.6. The monoisotopic (exact) mass is 308 g/mol. The Morgan fingerprint density at radius 1 is 0.950 bits per heavy atom. The predicted molar refractivity (Wildman–Crippen MR) is 77.3 cm³/mol. The average Bonchev–Trinajstić information content (AvgIpc) is 2.49. The van der Waals surface area contributed by atoms with Crippen molar-refractivity contribution in [2.24, 2.45) is 0 Å². The van der Waals surface area contributed by atoms with E-state index in [4.69, 9.17) is 32.7 Å². The van der Waals surface area contributed by atoms with Gasteiger partial charge in [-0.05, 0) is 24.3 Å². The molecule has 3 nitrogen and oxygen atoms in total. The third kappa shape index (κ3) is 2.23. The van der Waals surface area contributed by atoms with Crippen molar-refractivity contribution in [1.82, 2.24) is 0 Å². The van der Waals surface area contributed by atoms with E-state index in [1.807, 2.05) is 0 Å². The number of halogens is 2. The molecule has 0 aliphatic carbocycles. The first-order valence-corrected chi connectivity index (χ1v) is 6.81. The number of carbonyl (C=O) groups is 1. The zero-order valence-electron chi connectivity index (χ0n) is 10.4. The van der Waals surface area contributed by atoms with Crippen LogP contribution in [-0.2, 0) is 0 Å². The molecule has 0 spiro atoms. The van der Waals surface area contributed by atoms with Gasteiger partial charge in [0.2, 0.25) is 0 Å². The van der Waals surface area contributed by atoms with Gasteiger partial charge < -0.3 is 9.47 Å². The zero-order chi connectivity index (χ0) is 14.1. The molecule has 0 bridgehead atoms.